The third kappa shape index (κ3) is 7.98. The first-order valence-corrected chi connectivity index (χ1v) is 14.2. The van der Waals surface area contributed by atoms with Gasteiger partial charge in [-0.25, -0.2) is 9.18 Å². The number of aliphatic hydroxyl groups excluding tert-OH is 1. The summed E-state index contributed by atoms with van der Waals surface area (Å²) in [5.74, 6) is 0.226. The Kier molecular flexibility index (Phi) is 9.50. The van der Waals surface area contributed by atoms with Gasteiger partial charge in [0.1, 0.15) is 17.3 Å². The van der Waals surface area contributed by atoms with Gasteiger partial charge in [-0.05, 0) is 73.9 Å². The average Bonchev–Trinajstić information content (AvgIpc) is 3.68. The van der Waals surface area contributed by atoms with Crippen LogP contribution >= 0.6 is 0 Å². The van der Waals surface area contributed by atoms with E-state index in [-0.39, 0.29) is 17.5 Å². The molecule has 0 aliphatic carbocycles. The SMILES string of the molecule is Cc1ccc(F)c(NC(=O)Nc2ccc(Oc3ccnc(-c4cc(C(=O)NCCCC(=O)N5CCC(O)C5)c[nH]4)c3)cc2)c1. The molecule has 12 heteroatoms. The normalized spacial score (nSPS) is 14.2. The van der Waals surface area contributed by atoms with Gasteiger partial charge in [0.2, 0.25) is 5.91 Å². The maximum Gasteiger partial charge on any atom is 0.323 e. The van der Waals surface area contributed by atoms with Gasteiger partial charge < -0.3 is 35.7 Å². The summed E-state index contributed by atoms with van der Waals surface area (Å²) in [7, 11) is 0. The molecule has 4 amide bonds. The van der Waals surface area contributed by atoms with Gasteiger partial charge >= 0.3 is 6.03 Å². The zero-order valence-electron chi connectivity index (χ0n) is 24.1. The van der Waals surface area contributed by atoms with Crippen molar-refractivity contribution in [1.29, 1.82) is 0 Å². The smallest absolute Gasteiger partial charge is 0.323 e. The van der Waals surface area contributed by atoms with Gasteiger partial charge in [0.05, 0.1) is 28.7 Å². The number of halogens is 1. The van der Waals surface area contributed by atoms with Crippen molar-refractivity contribution < 1.29 is 28.6 Å². The lowest BCUT2D eigenvalue weighted by Crippen LogP contribution is -2.30. The number of carbonyl (C=O) groups is 3. The maximum atomic E-state index is 13.9. The van der Waals surface area contributed by atoms with E-state index in [1.807, 2.05) is 0 Å². The minimum Gasteiger partial charge on any atom is -0.457 e. The van der Waals surface area contributed by atoms with Gasteiger partial charge in [-0.15, -0.1) is 0 Å². The summed E-state index contributed by atoms with van der Waals surface area (Å²) >= 11 is 0. The standard InChI is InChI=1S/C32H33FN6O5/c1-20-4-9-26(33)27(15-20)38-32(43)37-22-5-7-24(8-6-22)44-25-10-13-34-29(17-25)28-16-21(18-36-28)31(42)35-12-2-3-30(41)39-14-11-23(40)19-39/h4-10,13,15-18,23,36,40H,2-3,11-12,14,19H2,1H3,(H,35,42)(H2,37,38,43). The molecule has 4 aromatic rings. The van der Waals surface area contributed by atoms with E-state index in [1.54, 1.807) is 78.8 Å². The molecule has 2 aromatic heterocycles. The quantitative estimate of drug-likeness (QED) is 0.161. The summed E-state index contributed by atoms with van der Waals surface area (Å²) in [4.78, 5) is 46.2. The predicted octanol–water partition coefficient (Wildman–Crippen LogP) is 5.06. The van der Waals surface area contributed by atoms with Crippen molar-refractivity contribution in [2.24, 2.45) is 0 Å². The lowest BCUT2D eigenvalue weighted by molar-refractivity contribution is -0.130. The third-order valence-corrected chi connectivity index (χ3v) is 7.04. The van der Waals surface area contributed by atoms with Crippen molar-refractivity contribution in [2.45, 2.75) is 32.3 Å². The monoisotopic (exact) mass is 600 g/mol. The van der Waals surface area contributed by atoms with E-state index in [0.717, 1.165) is 5.56 Å². The third-order valence-electron chi connectivity index (χ3n) is 7.04. The van der Waals surface area contributed by atoms with E-state index >= 15 is 0 Å². The zero-order chi connectivity index (χ0) is 31.1. The summed E-state index contributed by atoms with van der Waals surface area (Å²) < 4.78 is 19.9. The molecule has 5 rings (SSSR count). The van der Waals surface area contributed by atoms with Crippen molar-refractivity contribution in [3.63, 3.8) is 0 Å². The Bertz CT molecular complexity index is 1640. The topological polar surface area (TPSA) is 149 Å². The first kappa shape index (κ1) is 30.2. The summed E-state index contributed by atoms with van der Waals surface area (Å²) in [6, 6.07) is 15.7. The lowest BCUT2D eigenvalue weighted by atomic mass is 10.2. The van der Waals surface area contributed by atoms with E-state index in [9.17, 15) is 23.9 Å². The largest absolute Gasteiger partial charge is 0.457 e. The van der Waals surface area contributed by atoms with Crippen LogP contribution in [0.4, 0.5) is 20.6 Å². The van der Waals surface area contributed by atoms with Crippen molar-refractivity contribution in [2.75, 3.05) is 30.3 Å². The molecule has 3 heterocycles. The molecule has 0 radical (unpaired) electrons. The fourth-order valence-corrected chi connectivity index (χ4v) is 4.73. The van der Waals surface area contributed by atoms with Crippen molar-refractivity contribution >= 4 is 29.2 Å². The molecule has 0 saturated carbocycles. The molecule has 0 spiro atoms. The Morgan fingerprint density at radius 3 is 2.66 bits per heavy atom. The Morgan fingerprint density at radius 1 is 1.07 bits per heavy atom. The van der Waals surface area contributed by atoms with E-state index in [2.05, 4.69) is 25.9 Å². The highest BCUT2D eigenvalue weighted by molar-refractivity contribution is 6.00. The van der Waals surface area contributed by atoms with E-state index in [1.165, 1.54) is 6.07 Å². The van der Waals surface area contributed by atoms with Crippen molar-refractivity contribution in [3.8, 4) is 22.9 Å². The van der Waals surface area contributed by atoms with Gasteiger partial charge in [-0.3, -0.25) is 14.6 Å². The average molecular weight is 601 g/mol. The number of aryl methyl sites for hydroxylation is 1. The van der Waals surface area contributed by atoms with E-state index in [4.69, 9.17) is 4.74 Å². The molecular weight excluding hydrogens is 567 g/mol. The number of carbonyl (C=O) groups excluding carboxylic acids is 3. The number of rotatable bonds is 10. The second-order valence-electron chi connectivity index (χ2n) is 10.5. The molecule has 1 aliphatic heterocycles. The number of aromatic amines is 1. The minimum absolute atomic E-state index is 0.0142. The van der Waals surface area contributed by atoms with Crippen LogP contribution in [0.25, 0.3) is 11.4 Å². The molecule has 2 aromatic carbocycles. The van der Waals surface area contributed by atoms with Crippen LogP contribution in [0.3, 0.4) is 0 Å². The molecule has 11 nitrogen and oxygen atoms in total. The number of amides is 4. The van der Waals surface area contributed by atoms with Crippen LogP contribution in [0, 0.1) is 12.7 Å². The van der Waals surface area contributed by atoms with Crippen molar-refractivity contribution in [3.05, 3.63) is 90.0 Å². The summed E-state index contributed by atoms with van der Waals surface area (Å²) in [6.07, 6.45) is 4.16. The summed E-state index contributed by atoms with van der Waals surface area (Å²) in [5.41, 5.74) is 3.03. The molecule has 1 fully saturated rings. The number of nitrogens with zero attached hydrogens (tertiary/aromatic N) is 2. The molecule has 1 unspecified atom stereocenters. The van der Waals surface area contributed by atoms with Crippen LogP contribution in [0.1, 0.15) is 35.2 Å². The summed E-state index contributed by atoms with van der Waals surface area (Å²) in [5, 5.41) is 17.6. The molecule has 1 saturated heterocycles. The van der Waals surface area contributed by atoms with Gasteiger partial charge in [0.15, 0.2) is 0 Å². The number of pyridine rings is 1. The van der Waals surface area contributed by atoms with E-state index in [0.29, 0.717) is 73.0 Å². The van der Waals surface area contributed by atoms with Crippen LogP contribution in [0.15, 0.2) is 73.1 Å². The highest BCUT2D eigenvalue weighted by Gasteiger charge is 2.24. The van der Waals surface area contributed by atoms with Crippen LogP contribution < -0.4 is 20.7 Å². The predicted molar refractivity (Wildman–Crippen MR) is 163 cm³/mol. The maximum absolute atomic E-state index is 13.9. The van der Waals surface area contributed by atoms with Crippen LogP contribution in [-0.4, -0.2) is 63.6 Å². The van der Waals surface area contributed by atoms with Gasteiger partial charge in [-0.2, -0.15) is 0 Å². The Morgan fingerprint density at radius 2 is 1.89 bits per heavy atom. The Hall–Kier alpha value is -5.23. The number of aliphatic hydroxyl groups is 1. The molecule has 228 valence electrons. The van der Waals surface area contributed by atoms with Crippen LogP contribution in [0.2, 0.25) is 0 Å². The Labute approximate surface area is 253 Å². The van der Waals surface area contributed by atoms with Crippen LogP contribution in [-0.2, 0) is 4.79 Å². The number of hydrogen-bond donors (Lipinski definition) is 5. The number of likely N-dealkylation sites (tertiary alicyclic amines) is 1. The molecule has 44 heavy (non-hydrogen) atoms. The second kappa shape index (κ2) is 13.8. The lowest BCUT2D eigenvalue weighted by Gasteiger charge is -2.15. The Balaban J connectivity index is 1.10. The zero-order valence-corrected chi connectivity index (χ0v) is 24.1. The number of nitrogens with one attached hydrogen (secondary N) is 4. The van der Waals surface area contributed by atoms with Crippen molar-refractivity contribution in [1.82, 2.24) is 20.2 Å². The van der Waals surface area contributed by atoms with Gasteiger partial charge in [0.25, 0.3) is 5.91 Å². The number of aromatic nitrogens is 2. The second-order valence-corrected chi connectivity index (χ2v) is 10.5. The number of β-amino-alcohol motifs (C(OH)–C–C–N with tert-alkyl or cyclic N) is 1. The van der Waals surface area contributed by atoms with Gasteiger partial charge in [0, 0.05) is 50.2 Å². The first-order chi connectivity index (χ1) is 21.2. The van der Waals surface area contributed by atoms with Crippen LogP contribution in [0.5, 0.6) is 11.5 Å². The van der Waals surface area contributed by atoms with E-state index < -0.39 is 18.0 Å². The fraction of sp³-hybridized carbons (Fsp3) is 0.250. The fourth-order valence-electron chi connectivity index (χ4n) is 4.73. The molecule has 5 N–H and O–H groups in total. The first-order valence-electron chi connectivity index (χ1n) is 14.2. The van der Waals surface area contributed by atoms with Gasteiger partial charge in [-0.1, -0.05) is 6.07 Å². The number of hydrogen-bond acceptors (Lipinski definition) is 6. The number of urea groups is 1. The number of anilines is 2. The number of H-pyrrole nitrogens is 1. The highest BCUT2D eigenvalue weighted by atomic mass is 19.1. The molecule has 0 bridgehead atoms. The highest BCUT2D eigenvalue weighted by Crippen LogP contribution is 2.27. The molecule has 1 aliphatic rings. The number of benzene rings is 2. The minimum atomic E-state index is -0.574. The molecular formula is C32H33FN6O5. The number of ether oxygens (including phenoxy) is 1. The molecule has 1 atom stereocenters. The summed E-state index contributed by atoms with van der Waals surface area (Å²) in [6.45, 7) is 3.11.